The molecule has 1 aliphatic rings. The predicted octanol–water partition coefficient (Wildman–Crippen LogP) is 2.02. The molecular weight excluding hydrogens is 202 g/mol. The van der Waals surface area contributed by atoms with Gasteiger partial charge in [-0.25, -0.2) is 0 Å². The Kier molecular flexibility index (Phi) is 3.15. The number of ether oxygens (including phenoxy) is 1. The third kappa shape index (κ3) is 2.19. The highest BCUT2D eigenvalue weighted by Gasteiger charge is 2.30. The molecule has 0 radical (unpaired) electrons. The molecule has 0 bridgehead atoms. The van der Waals surface area contributed by atoms with Gasteiger partial charge in [0.25, 0.3) is 0 Å². The molecule has 1 aromatic heterocycles. The van der Waals surface area contributed by atoms with Crippen LogP contribution in [0.4, 0.5) is 0 Å². The minimum Gasteiger partial charge on any atom is -0.496 e. The molecular formula is C13H19NO2. The van der Waals surface area contributed by atoms with Crippen LogP contribution >= 0.6 is 0 Å². The molecule has 88 valence electrons. The summed E-state index contributed by atoms with van der Waals surface area (Å²) in [4.78, 5) is 4.40. The van der Waals surface area contributed by atoms with E-state index in [1.54, 1.807) is 7.11 Å². The second-order valence-corrected chi connectivity index (χ2v) is 4.66. The van der Waals surface area contributed by atoms with Crippen LogP contribution in [0.15, 0.2) is 6.20 Å². The van der Waals surface area contributed by atoms with E-state index in [0.717, 1.165) is 35.4 Å². The van der Waals surface area contributed by atoms with Gasteiger partial charge in [0.05, 0.1) is 13.2 Å². The first-order valence-electron chi connectivity index (χ1n) is 5.80. The van der Waals surface area contributed by atoms with E-state index in [9.17, 15) is 5.11 Å². The van der Waals surface area contributed by atoms with Crippen molar-refractivity contribution in [3.05, 3.63) is 23.0 Å². The first kappa shape index (κ1) is 11.4. The Labute approximate surface area is 96.5 Å². The summed E-state index contributed by atoms with van der Waals surface area (Å²) in [7, 11) is 1.68. The fraction of sp³-hybridized carbons (Fsp3) is 0.615. The van der Waals surface area contributed by atoms with Crippen LogP contribution in [0.5, 0.6) is 5.75 Å². The molecule has 16 heavy (non-hydrogen) atoms. The fourth-order valence-electron chi connectivity index (χ4n) is 2.12. The molecule has 1 unspecified atom stereocenters. The molecule has 2 rings (SSSR count). The van der Waals surface area contributed by atoms with E-state index < -0.39 is 0 Å². The quantitative estimate of drug-likeness (QED) is 0.845. The maximum absolute atomic E-state index is 9.92. The van der Waals surface area contributed by atoms with Gasteiger partial charge in [-0.2, -0.15) is 0 Å². The van der Waals surface area contributed by atoms with Gasteiger partial charge in [0.15, 0.2) is 0 Å². The van der Waals surface area contributed by atoms with Crippen molar-refractivity contribution >= 4 is 0 Å². The first-order chi connectivity index (χ1) is 7.63. The maximum atomic E-state index is 9.92. The summed E-state index contributed by atoms with van der Waals surface area (Å²) in [6, 6.07) is 0. The fourth-order valence-corrected chi connectivity index (χ4v) is 2.12. The van der Waals surface area contributed by atoms with Gasteiger partial charge in [-0.15, -0.1) is 0 Å². The van der Waals surface area contributed by atoms with Crippen LogP contribution in [0.1, 0.15) is 29.7 Å². The Hall–Kier alpha value is -1.09. The molecule has 1 saturated carbocycles. The molecule has 0 spiro atoms. The average Bonchev–Trinajstić information content (AvgIpc) is 3.06. The van der Waals surface area contributed by atoms with E-state index in [-0.39, 0.29) is 6.10 Å². The third-order valence-corrected chi connectivity index (χ3v) is 3.32. The van der Waals surface area contributed by atoms with Gasteiger partial charge >= 0.3 is 0 Å². The number of methoxy groups -OCH3 is 1. The molecule has 1 aromatic rings. The van der Waals surface area contributed by atoms with E-state index in [0.29, 0.717) is 12.3 Å². The number of nitrogens with zero attached hydrogens (tertiary/aromatic N) is 1. The Morgan fingerprint density at radius 1 is 1.50 bits per heavy atom. The van der Waals surface area contributed by atoms with Crippen molar-refractivity contribution in [2.45, 2.75) is 39.2 Å². The van der Waals surface area contributed by atoms with E-state index in [2.05, 4.69) is 4.98 Å². The zero-order chi connectivity index (χ0) is 11.7. The summed E-state index contributed by atoms with van der Waals surface area (Å²) >= 11 is 0. The molecule has 3 nitrogen and oxygen atoms in total. The highest BCUT2D eigenvalue weighted by Crippen LogP contribution is 2.35. The van der Waals surface area contributed by atoms with Gasteiger partial charge in [0.2, 0.25) is 0 Å². The summed E-state index contributed by atoms with van der Waals surface area (Å²) in [5.41, 5.74) is 3.06. The molecule has 0 amide bonds. The van der Waals surface area contributed by atoms with Crippen molar-refractivity contribution in [3.63, 3.8) is 0 Å². The Balaban J connectivity index is 2.20. The van der Waals surface area contributed by atoms with E-state index in [1.807, 2.05) is 20.0 Å². The molecule has 1 fully saturated rings. The summed E-state index contributed by atoms with van der Waals surface area (Å²) in [6.07, 6.45) is 4.54. The molecule has 0 aliphatic heterocycles. The Morgan fingerprint density at radius 3 is 2.75 bits per heavy atom. The lowest BCUT2D eigenvalue weighted by Gasteiger charge is -2.14. The van der Waals surface area contributed by atoms with Crippen molar-refractivity contribution in [1.29, 1.82) is 0 Å². The molecule has 3 heteroatoms. The zero-order valence-electron chi connectivity index (χ0n) is 10.2. The zero-order valence-corrected chi connectivity index (χ0v) is 10.2. The van der Waals surface area contributed by atoms with Gasteiger partial charge in [0, 0.05) is 29.4 Å². The van der Waals surface area contributed by atoms with Crippen molar-refractivity contribution in [3.8, 4) is 5.75 Å². The molecule has 1 heterocycles. The van der Waals surface area contributed by atoms with Gasteiger partial charge in [-0.1, -0.05) is 0 Å². The second-order valence-electron chi connectivity index (χ2n) is 4.66. The summed E-state index contributed by atoms with van der Waals surface area (Å²) in [6.45, 7) is 3.99. The van der Waals surface area contributed by atoms with Crippen LogP contribution in [0.3, 0.4) is 0 Å². The summed E-state index contributed by atoms with van der Waals surface area (Å²) in [5, 5.41) is 9.92. The van der Waals surface area contributed by atoms with Gasteiger partial charge in [-0.3, -0.25) is 4.98 Å². The van der Waals surface area contributed by atoms with E-state index in [4.69, 9.17) is 4.74 Å². The van der Waals surface area contributed by atoms with Crippen LogP contribution in [-0.4, -0.2) is 23.3 Å². The van der Waals surface area contributed by atoms with Crippen LogP contribution in [0.25, 0.3) is 0 Å². The number of aryl methyl sites for hydroxylation is 1. The number of hydrogen-bond donors (Lipinski definition) is 1. The monoisotopic (exact) mass is 221 g/mol. The van der Waals surface area contributed by atoms with Crippen molar-refractivity contribution < 1.29 is 9.84 Å². The minimum absolute atomic E-state index is 0.237. The van der Waals surface area contributed by atoms with E-state index >= 15 is 0 Å². The van der Waals surface area contributed by atoms with Crippen LogP contribution in [-0.2, 0) is 6.42 Å². The second kappa shape index (κ2) is 4.42. The van der Waals surface area contributed by atoms with Gasteiger partial charge in [-0.05, 0) is 32.6 Å². The predicted molar refractivity (Wildman–Crippen MR) is 62.7 cm³/mol. The molecule has 1 N–H and O–H groups in total. The Bertz CT molecular complexity index is 386. The highest BCUT2D eigenvalue weighted by atomic mass is 16.5. The number of aromatic nitrogens is 1. The van der Waals surface area contributed by atoms with Gasteiger partial charge < -0.3 is 9.84 Å². The molecule has 0 saturated heterocycles. The minimum atomic E-state index is -0.237. The number of aliphatic hydroxyl groups excluding tert-OH is 1. The number of aliphatic hydroxyl groups is 1. The molecule has 1 atom stereocenters. The number of rotatable bonds is 4. The standard InChI is InChI=1S/C13H19NO2/c1-8-7-14-11(9(2)13(8)16-3)6-12(15)10-4-5-10/h7,10,12,15H,4-6H2,1-3H3. The highest BCUT2D eigenvalue weighted by molar-refractivity contribution is 5.41. The Morgan fingerprint density at radius 2 is 2.19 bits per heavy atom. The number of hydrogen-bond acceptors (Lipinski definition) is 3. The van der Waals surface area contributed by atoms with Crippen molar-refractivity contribution in [2.24, 2.45) is 5.92 Å². The summed E-state index contributed by atoms with van der Waals surface area (Å²) < 4.78 is 5.35. The lowest BCUT2D eigenvalue weighted by Crippen LogP contribution is -2.15. The topological polar surface area (TPSA) is 42.4 Å². The average molecular weight is 221 g/mol. The van der Waals surface area contributed by atoms with Crippen molar-refractivity contribution in [2.75, 3.05) is 7.11 Å². The normalized spacial score (nSPS) is 17.2. The maximum Gasteiger partial charge on any atom is 0.128 e. The van der Waals surface area contributed by atoms with Crippen LogP contribution in [0, 0.1) is 19.8 Å². The lowest BCUT2D eigenvalue weighted by atomic mass is 10.0. The smallest absolute Gasteiger partial charge is 0.128 e. The van der Waals surface area contributed by atoms with Crippen LogP contribution < -0.4 is 4.74 Å². The van der Waals surface area contributed by atoms with Crippen molar-refractivity contribution in [1.82, 2.24) is 4.98 Å². The van der Waals surface area contributed by atoms with Crippen LogP contribution in [0.2, 0.25) is 0 Å². The molecule has 0 aromatic carbocycles. The lowest BCUT2D eigenvalue weighted by molar-refractivity contribution is 0.150. The third-order valence-electron chi connectivity index (χ3n) is 3.32. The SMILES string of the molecule is COc1c(C)cnc(CC(O)C2CC2)c1C. The van der Waals surface area contributed by atoms with Gasteiger partial charge in [0.1, 0.15) is 5.75 Å². The largest absolute Gasteiger partial charge is 0.496 e. The number of pyridine rings is 1. The summed E-state index contributed by atoms with van der Waals surface area (Å²) in [5.74, 6) is 1.39. The first-order valence-corrected chi connectivity index (χ1v) is 5.80. The van der Waals surface area contributed by atoms with E-state index in [1.165, 1.54) is 0 Å². The molecule has 1 aliphatic carbocycles.